The summed E-state index contributed by atoms with van der Waals surface area (Å²) < 4.78 is 5.35. The van der Waals surface area contributed by atoms with Gasteiger partial charge in [0.25, 0.3) is 5.91 Å². The number of hydrogen-bond acceptors (Lipinski definition) is 3. The van der Waals surface area contributed by atoms with Crippen LogP contribution in [0, 0.1) is 11.8 Å². The van der Waals surface area contributed by atoms with Crippen molar-refractivity contribution in [2.45, 2.75) is 26.7 Å². The Morgan fingerprint density at radius 3 is 2.87 bits per heavy atom. The third-order valence-corrected chi connectivity index (χ3v) is 2.75. The molecule has 2 aliphatic rings. The summed E-state index contributed by atoms with van der Waals surface area (Å²) in [4.78, 5) is 20.3. The number of amidine groups is 1. The first kappa shape index (κ1) is 10.5. The molecule has 0 N–H and O–H groups in total. The van der Waals surface area contributed by atoms with Gasteiger partial charge >= 0.3 is 0 Å². The number of aliphatic imine (C=N–C) groups is 2. The van der Waals surface area contributed by atoms with E-state index in [4.69, 9.17) is 4.74 Å². The van der Waals surface area contributed by atoms with Crippen molar-refractivity contribution in [2.24, 2.45) is 21.8 Å². The van der Waals surface area contributed by atoms with Crippen LogP contribution in [-0.4, -0.2) is 30.7 Å². The van der Waals surface area contributed by atoms with Crippen LogP contribution in [0.15, 0.2) is 9.98 Å². The largest absolute Gasteiger partial charge is 0.381 e. The van der Waals surface area contributed by atoms with Crippen LogP contribution < -0.4 is 0 Å². The topological polar surface area (TPSA) is 51.0 Å². The Bertz CT molecular complexity index is 331. The Morgan fingerprint density at radius 2 is 2.13 bits per heavy atom. The molecule has 0 aromatic heterocycles. The Kier molecular flexibility index (Phi) is 2.95. The maximum Gasteiger partial charge on any atom is 0.256 e. The molecule has 1 amide bonds. The van der Waals surface area contributed by atoms with E-state index in [0.29, 0.717) is 19.0 Å². The van der Waals surface area contributed by atoms with Crippen molar-refractivity contribution in [3.63, 3.8) is 0 Å². The van der Waals surface area contributed by atoms with Gasteiger partial charge in [0.15, 0.2) is 0 Å². The Hall–Kier alpha value is -1.03. The van der Waals surface area contributed by atoms with E-state index in [9.17, 15) is 4.79 Å². The highest BCUT2D eigenvalue weighted by molar-refractivity contribution is 6.16. The molecule has 0 aromatic rings. The maximum absolute atomic E-state index is 11.8. The van der Waals surface area contributed by atoms with Gasteiger partial charge in [0.2, 0.25) is 0 Å². The van der Waals surface area contributed by atoms with Crippen LogP contribution in [0.2, 0.25) is 0 Å². The van der Waals surface area contributed by atoms with Gasteiger partial charge in [-0.15, -0.1) is 0 Å². The minimum atomic E-state index is -0.116. The summed E-state index contributed by atoms with van der Waals surface area (Å²) in [5.41, 5.74) is 0.969. The first-order chi connectivity index (χ1) is 7.18. The lowest BCUT2D eigenvalue weighted by Gasteiger charge is -2.19. The molecule has 1 saturated heterocycles. The highest BCUT2D eigenvalue weighted by atomic mass is 16.5. The SMILES string of the molecule is CC(C)C1=NC(=O)C2CCOCCC2=N1. The van der Waals surface area contributed by atoms with Gasteiger partial charge in [0, 0.05) is 24.7 Å². The van der Waals surface area contributed by atoms with Crippen molar-refractivity contribution in [2.75, 3.05) is 13.2 Å². The molecule has 4 heteroatoms. The molecule has 1 unspecified atom stereocenters. The zero-order valence-corrected chi connectivity index (χ0v) is 9.19. The second-order valence-electron chi connectivity index (χ2n) is 4.27. The van der Waals surface area contributed by atoms with E-state index in [2.05, 4.69) is 9.98 Å². The standard InChI is InChI=1S/C11H16N2O2/c1-7(2)10-12-9-4-6-15-5-3-8(9)11(14)13-10/h7-8H,3-6H2,1-2H3. The van der Waals surface area contributed by atoms with E-state index < -0.39 is 0 Å². The summed E-state index contributed by atoms with van der Waals surface area (Å²) >= 11 is 0. The molecule has 2 rings (SSSR count). The zero-order valence-electron chi connectivity index (χ0n) is 9.19. The average Bonchev–Trinajstić information content (AvgIpc) is 2.42. The predicted octanol–water partition coefficient (Wildman–Crippen LogP) is 1.45. The molecule has 0 bridgehead atoms. The van der Waals surface area contributed by atoms with E-state index in [-0.39, 0.29) is 17.7 Å². The van der Waals surface area contributed by atoms with Crippen LogP contribution in [0.4, 0.5) is 0 Å². The van der Waals surface area contributed by atoms with E-state index in [1.807, 2.05) is 13.8 Å². The number of hydrogen-bond donors (Lipinski definition) is 0. The molecule has 0 aliphatic carbocycles. The highest BCUT2D eigenvalue weighted by Gasteiger charge is 2.30. The molecule has 0 aromatic carbocycles. The van der Waals surface area contributed by atoms with E-state index >= 15 is 0 Å². The summed E-state index contributed by atoms with van der Waals surface area (Å²) in [7, 11) is 0. The lowest BCUT2D eigenvalue weighted by Crippen LogP contribution is -2.29. The average molecular weight is 208 g/mol. The highest BCUT2D eigenvalue weighted by Crippen LogP contribution is 2.20. The molecule has 1 atom stereocenters. The summed E-state index contributed by atoms with van der Waals surface area (Å²) in [6, 6.07) is 0. The monoisotopic (exact) mass is 208 g/mol. The predicted molar refractivity (Wildman–Crippen MR) is 58.3 cm³/mol. The molecule has 0 saturated carbocycles. The van der Waals surface area contributed by atoms with Crippen molar-refractivity contribution in [3.05, 3.63) is 0 Å². The van der Waals surface area contributed by atoms with Gasteiger partial charge in [-0.1, -0.05) is 13.8 Å². The van der Waals surface area contributed by atoms with Gasteiger partial charge in [-0.25, -0.2) is 4.99 Å². The Morgan fingerprint density at radius 1 is 1.33 bits per heavy atom. The van der Waals surface area contributed by atoms with Crippen molar-refractivity contribution in [3.8, 4) is 0 Å². The van der Waals surface area contributed by atoms with Crippen molar-refractivity contribution in [1.82, 2.24) is 0 Å². The van der Waals surface area contributed by atoms with Crippen LogP contribution in [0.1, 0.15) is 26.7 Å². The quantitative estimate of drug-likeness (QED) is 0.654. The lowest BCUT2D eigenvalue weighted by molar-refractivity contribution is -0.120. The van der Waals surface area contributed by atoms with Gasteiger partial charge in [-0.05, 0) is 6.42 Å². The van der Waals surface area contributed by atoms with E-state index in [1.54, 1.807) is 0 Å². The number of fused-ring (bicyclic) bond motifs is 1. The van der Waals surface area contributed by atoms with E-state index in [0.717, 1.165) is 18.6 Å². The number of carbonyl (C=O) groups excluding carboxylic acids is 1. The molecule has 2 aliphatic heterocycles. The zero-order chi connectivity index (χ0) is 10.8. The summed E-state index contributed by atoms with van der Waals surface area (Å²) in [6.07, 6.45) is 1.49. The van der Waals surface area contributed by atoms with Crippen LogP contribution in [0.25, 0.3) is 0 Å². The van der Waals surface area contributed by atoms with Gasteiger partial charge in [-0.3, -0.25) is 4.79 Å². The number of rotatable bonds is 1. The molecule has 82 valence electrons. The summed E-state index contributed by atoms with van der Waals surface area (Å²) in [6.45, 7) is 5.32. The Balaban J connectivity index is 2.26. The molecule has 2 heterocycles. The van der Waals surface area contributed by atoms with Crippen molar-refractivity contribution >= 4 is 17.5 Å². The first-order valence-corrected chi connectivity index (χ1v) is 5.46. The number of amides is 1. The fraction of sp³-hybridized carbons (Fsp3) is 0.727. The second kappa shape index (κ2) is 4.23. The maximum atomic E-state index is 11.8. The minimum absolute atomic E-state index is 0.0331. The van der Waals surface area contributed by atoms with Gasteiger partial charge in [0.05, 0.1) is 12.5 Å². The fourth-order valence-electron chi connectivity index (χ4n) is 1.84. The minimum Gasteiger partial charge on any atom is -0.381 e. The van der Waals surface area contributed by atoms with E-state index in [1.165, 1.54) is 0 Å². The van der Waals surface area contributed by atoms with Crippen LogP contribution >= 0.6 is 0 Å². The molecule has 0 radical (unpaired) electrons. The molecule has 15 heavy (non-hydrogen) atoms. The number of nitrogens with zero attached hydrogens (tertiary/aromatic N) is 2. The molecular weight excluding hydrogens is 192 g/mol. The second-order valence-corrected chi connectivity index (χ2v) is 4.27. The third kappa shape index (κ3) is 2.15. The first-order valence-electron chi connectivity index (χ1n) is 5.46. The van der Waals surface area contributed by atoms with Gasteiger partial charge in [0.1, 0.15) is 5.84 Å². The molecule has 1 fully saturated rings. The summed E-state index contributed by atoms with van der Waals surface area (Å²) in [5.74, 6) is 0.740. The number of carbonyl (C=O) groups is 1. The normalized spacial score (nSPS) is 26.9. The van der Waals surface area contributed by atoms with Crippen molar-refractivity contribution < 1.29 is 9.53 Å². The number of ether oxygens (including phenoxy) is 1. The van der Waals surface area contributed by atoms with Crippen LogP contribution in [-0.2, 0) is 9.53 Å². The molecular formula is C11H16N2O2. The van der Waals surface area contributed by atoms with Gasteiger partial charge in [-0.2, -0.15) is 4.99 Å². The van der Waals surface area contributed by atoms with Crippen LogP contribution in [0.3, 0.4) is 0 Å². The third-order valence-electron chi connectivity index (χ3n) is 2.75. The molecule has 0 spiro atoms. The van der Waals surface area contributed by atoms with Crippen LogP contribution in [0.5, 0.6) is 0 Å². The molecule has 4 nitrogen and oxygen atoms in total. The van der Waals surface area contributed by atoms with Crippen molar-refractivity contribution in [1.29, 1.82) is 0 Å². The Labute approximate surface area is 89.4 Å². The lowest BCUT2D eigenvalue weighted by atomic mass is 9.95. The summed E-state index contributed by atoms with van der Waals surface area (Å²) in [5, 5.41) is 0. The van der Waals surface area contributed by atoms with Gasteiger partial charge < -0.3 is 4.74 Å². The smallest absolute Gasteiger partial charge is 0.256 e. The fourth-order valence-corrected chi connectivity index (χ4v) is 1.84.